The Kier molecular flexibility index (Phi) is 3.69. The number of ether oxygens (including phenoxy) is 2. The highest BCUT2D eigenvalue weighted by Crippen LogP contribution is 2.42. The lowest BCUT2D eigenvalue weighted by Crippen LogP contribution is -2.34. The molecule has 2 aromatic rings. The van der Waals surface area contributed by atoms with Crippen molar-refractivity contribution >= 4 is 11.0 Å². The quantitative estimate of drug-likeness (QED) is 0.876. The molecule has 0 spiro atoms. The smallest absolute Gasteiger partial charge is 0.163 e. The molecule has 0 saturated heterocycles. The van der Waals surface area contributed by atoms with Crippen molar-refractivity contribution in [1.29, 1.82) is 0 Å². The van der Waals surface area contributed by atoms with Gasteiger partial charge < -0.3 is 24.3 Å². The molecule has 2 unspecified atom stereocenters. The van der Waals surface area contributed by atoms with Gasteiger partial charge in [-0.3, -0.25) is 0 Å². The lowest BCUT2D eigenvalue weighted by atomic mass is 9.93. The van der Waals surface area contributed by atoms with E-state index in [1.54, 1.807) is 0 Å². The predicted octanol–water partition coefficient (Wildman–Crippen LogP) is 2.03. The van der Waals surface area contributed by atoms with Gasteiger partial charge in [0, 0.05) is 18.6 Å². The molecule has 2 N–H and O–H groups in total. The molecule has 6 nitrogen and oxygen atoms in total. The highest BCUT2D eigenvalue weighted by Gasteiger charge is 2.41. The van der Waals surface area contributed by atoms with Crippen molar-refractivity contribution in [2.75, 3.05) is 13.2 Å². The molecule has 6 heteroatoms. The van der Waals surface area contributed by atoms with E-state index in [1.165, 1.54) is 0 Å². The number of aliphatic hydroxyl groups is 2. The summed E-state index contributed by atoms with van der Waals surface area (Å²) in [6.07, 6.45) is 1.86. The van der Waals surface area contributed by atoms with Crippen molar-refractivity contribution < 1.29 is 19.7 Å². The third-order valence-corrected chi connectivity index (χ3v) is 5.10. The van der Waals surface area contributed by atoms with Crippen LogP contribution in [0.4, 0.5) is 0 Å². The fourth-order valence-electron chi connectivity index (χ4n) is 3.64. The molecule has 4 rings (SSSR count). The van der Waals surface area contributed by atoms with Gasteiger partial charge in [-0.05, 0) is 32.6 Å². The number of aryl methyl sites for hydroxylation is 1. The summed E-state index contributed by atoms with van der Waals surface area (Å²) < 4.78 is 13.2. The number of rotatable bonds is 5. The Bertz CT molecular complexity index is 764. The summed E-state index contributed by atoms with van der Waals surface area (Å²) in [5.41, 5.74) is 0.958. The largest absolute Gasteiger partial charge is 0.486 e. The van der Waals surface area contributed by atoms with Gasteiger partial charge in [0.15, 0.2) is 11.5 Å². The second-order valence-corrected chi connectivity index (χ2v) is 7.24. The van der Waals surface area contributed by atoms with E-state index >= 15 is 0 Å². The molecule has 130 valence electrons. The molecule has 0 radical (unpaired) electrons. The molecule has 1 fully saturated rings. The maximum atomic E-state index is 10.5. The van der Waals surface area contributed by atoms with E-state index in [0.717, 1.165) is 41.2 Å². The Morgan fingerprint density at radius 3 is 2.62 bits per heavy atom. The van der Waals surface area contributed by atoms with Gasteiger partial charge in [0.25, 0.3) is 0 Å². The van der Waals surface area contributed by atoms with Crippen LogP contribution in [0.5, 0.6) is 11.5 Å². The van der Waals surface area contributed by atoms with E-state index in [9.17, 15) is 10.2 Å². The molecular formula is C18H24N2O4. The lowest BCUT2D eigenvalue weighted by Gasteiger charge is -2.26. The molecule has 24 heavy (non-hydrogen) atoms. The van der Waals surface area contributed by atoms with Gasteiger partial charge in [-0.15, -0.1) is 0 Å². The fourth-order valence-corrected chi connectivity index (χ4v) is 3.64. The number of aromatic nitrogens is 2. The number of imidazole rings is 1. The van der Waals surface area contributed by atoms with E-state index in [2.05, 4.69) is 4.98 Å². The zero-order chi connectivity index (χ0) is 16.9. The Hall–Kier alpha value is -1.79. The topological polar surface area (TPSA) is 76.7 Å². The van der Waals surface area contributed by atoms with Crippen molar-refractivity contribution in [3.63, 3.8) is 0 Å². The molecule has 0 bridgehead atoms. The second kappa shape index (κ2) is 5.63. The fraction of sp³-hybridized carbons (Fsp3) is 0.611. The van der Waals surface area contributed by atoms with Gasteiger partial charge in [0.1, 0.15) is 19.0 Å². The molecular weight excluding hydrogens is 308 g/mol. The summed E-state index contributed by atoms with van der Waals surface area (Å²) in [7, 11) is 0. The van der Waals surface area contributed by atoms with Crippen LogP contribution < -0.4 is 9.47 Å². The first kappa shape index (κ1) is 15.7. The van der Waals surface area contributed by atoms with Gasteiger partial charge in [0.2, 0.25) is 0 Å². The van der Waals surface area contributed by atoms with E-state index in [1.807, 2.05) is 30.5 Å². The lowest BCUT2D eigenvalue weighted by molar-refractivity contribution is -0.0174. The van der Waals surface area contributed by atoms with Gasteiger partial charge in [0.05, 0.1) is 29.3 Å². The molecule has 2 heterocycles. The second-order valence-electron chi connectivity index (χ2n) is 7.24. The van der Waals surface area contributed by atoms with Crippen LogP contribution in [-0.2, 0) is 6.54 Å². The van der Waals surface area contributed by atoms with Crippen LogP contribution in [0.25, 0.3) is 11.0 Å². The Morgan fingerprint density at radius 2 is 1.96 bits per heavy atom. The summed E-state index contributed by atoms with van der Waals surface area (Å²) in [5.74, 6) is 2.59. The summed E-state index contributed by atoms with van der Waals surface area (Å²) in [4.78, 5) is 4.57. The normalized spacial score (nSPS) is 20.8. The van der Waals surface area contributed by atoms with Crippen LogP contribution in [0.2, 0.25) is 0 Å². The molecule has 0 amide bonds. The van der Waals surface area contributed by atoms with Crippen LogP contribution in [-0.4, -0.2) is 44.7 Å². The number of hydrogen-bond donors (Lipinski definition) is 2. The van der Waals surface area contributed by atoms with E-state index < -0.39 is 11.7 Å². The van der Waals surface area contributed by atoms with E-state index in [4.69, 9.17) is 9.47 Å². The molecule has 1 saturated carbocycles. The van der Waals surface area contributed by atoms with Crippen LogP contribution in [0.3, 0.4) is 0 Å². The van der Waals surface area contributed by atoms with Crippen molar-refractivity contribution in [3.05, 3.63) is 18.0 Å². The highest BCUT2D eigenvalue weighted by atomic mass is 16.6. The first-order valence-electron chi connectivity index (χ1n) is 8.61. The van der Waals surface area contributed by atoms with Crippen LogP contribution in [0.15, 0.2) is 12.1 Å². The minimum Gasteiger partial charge on any atom is -0.486 e. The van der Waals surface area contributed by atoms with Crippen molar-refractivity contribution in [2.24, 2.45) is 5.92 Å². The van der Waals surface area contributed by atoms with E-state index in [-0.39, 0.29) is 0 Å². The molecule has 2 atom stereocenters. The summed E-state index contributed by atoms with van der Waals surface area (Å²) >= 11 is 0. The Labute approximate surface area is 141 Å². The van der Waals surface area contributed by atoms with Gasteiger partial charge in [-0.1, -0.05) is 0 Å². The molecule has 1 aliphatic carbocycles. The third kappa shape index (κ3) is 2.84. The zero-order valence-electron chi connectivity index (χ0n) is 14.2. The minimum absolute atomic E-state index is 0.324. The first-order chi connectivity index (χ1) is 11.4. The van der Waals surface area contributed by atoms with Crippen molar-refractivity contribution in [2.45, 2.75) is 51.4 Å². The zero-order valence-corrected chi connectivity index (χ0v) is 14.2. The summed E-state index contributed by atoms with van der Waals surface area (Å²) in [6, 6.07) is 3.82. The van der Waals surface area contributed by atoms with Crippen LogP contribution in [0, 0.1) is 12.8 Å². The highest BCUT2D eigenvalue weighted by molar-refractivity contribution is 5.80. The van der Waals surface area contributed by atoms with Crippen molar-refractivity contribution in [3.8, 4) is 11.5 Å². The number of hydrogen-bond acceptors (Lipinski definition) is 5. The van der Waals surface area contributed by atoms with Gasteiger partial charge in [-0.2, -0.15) is 0 Å². The average molecular weight is 332 g/mol. The van der Waals surface area contributed by atoms with Crippen LogP contribution in [0.1, 0.15) is 32.0 Å². The summed E-state index contributed by atoms with van der Waals surface area (Å²) in [6.45, 7) is 5.25. The maximum absolute atomic E-state index is 10.5. The standard InChI is InChI=1S/C18H24N2O4/c1-11-19-14-7-16-17(24-6-5-23-16)8-15(14)20(11)10-13(21)9-18(2,22)12-3-4-12/h7-8,12-13,21-22H,3-6,9-10H2,1-2H3. The number of nitrogens with zero attached hydrogens (tertiary/aromatic N) is 2. The molecule has 2 aliphatic rings. The van der Waals surface area contributed by atoms with Crippen LogP contribution >= 0.6 is 0 Å². The van der Waals surface area contributed by atoms with Gasteiger partial charge >= 0.3 is 0 Å². The maximum Gasteiger partial charge on any atom is 0.163 e. The summed E-state index contributed by atoms with van der Waals surface area (Å²) in [5, 5.41) is 21.0. The number of fused-ring (bicyclic) bond motifs is 2. The average Bonchev–Trinajstić information content (AvgIpc) is 3.33. The predicted molar refractivity (Wildman–Crippen MR) is 89.4 cm³/mol. The first-order valence-corrected chi connectivity index (χ1v) is 8.61. The van der Waals surface area contributed by atoms with E-state index in [0.29, 0.717) is 32.1 Å². The SMILES string of the molecule is Cc1nc2cc3c(cc2n1CC(O)CC(C)(O)C1CC1)OCCO3. The Balaban J connectivity index is 1.60. The Morgan fingerprint density at radius 1 is 1.29 bits per heavy atom. The molecule has 1 aliphatic heterocycles. The monoisotopic (exact) mass is 332 g/mol. The van der Waals surface area contributed by atoms with Gasteiger partial charge in [-0.25, -0.2) is 4.98 Å². The molecule has 1 aromatic heterocycles. The molecule has 1 aromatic carbocycles. The van der Waals surface area contributed by atoms with Crippen molar-refractivity contribution in [1.82, 2.24) is 9.55 Å². The minimum atomic E-state index is -0.792. The third-order valence-electron chi connectivity index (χ3n) is 5.10. The number of benzene rings is 1. The number of aliphatic hydroxyl groups excluding tert-OH is 1.